The average molecular weight is 549 g/mol. The van der Waals surface area contributed by atoms with Gasteiger partial charge in [0.15, 0.2) is 0 Å². The number of ether oxygens (including phenoxy) is 5. The number of fused-ring (bicyclic) bond motifs is 2. The maximum atomic E-state index is 6.20. The van der Waals surface area contributed by atoms with Crippen molar-refractivity contribution in [3.05, 3.63) is 143 Å². The van der Waals surface area contributed by atoms with Gasteiger partial charge in [-0.2, -0.15) is 0 Å². The highest BCUT2D eigenvalue weighted by atomic mass is 16.6. The molecule has 4 aromatic rings. The third-order valence-corrected chi connectivity index (χ3v) is 6.69. The zero-order valence-electron chi connectivity index (χ0n) is 23.2. The zero-order chi connectivity index (χ0) is 28.0. The summed E-state index contributed by atoms with van der Waals surface area (Å²) < 4.78 is 30.6. The van der Waals surface area contributed by atoms with Gasteiger partial charge in [-0.15, -0.1) is 0 Å². The first-order chi connectivity index (χ1) is 20.3. The van der Waals surface area contributed by atoms with E-state index in [-0.39, 0.29) is 12.2 Å². The molecule has 5 nitrogen and oxygen atoms in total. The monoisotopic (exact) mass is 548 g/mol. The summed E-state index contributed by atoms with van der Waals surface area (Å²) >= 11 is 0. The molecule has 0 fully saturated rings. The lowest BCUT2D eigenvalue weighted by Gasteiger charge is -2.21. The highest BCUT2D eigenvalue weighted by molar-refractivity contribution is 5.45. The SMILES string of the molecule is C(#Cc1cc2cc(c1)COC[C@H](c1ccccc1)OCCOCCO[C@@H](c1ccccc1)COC2)c1ccccc1. The zero-order valence-corrected chi connectivity index (χ0v) is 23.2. The normalized spacial score (nSPS) is 19.2. The molecule has 0 N–H and O–H groups in total. The lowest BCUT2D eigenvalue weighted by Crippen LogP contribution is -2.18. The molecule has 5 rings (SSSR count). The van der Waals surface area contributed by atoms with Crippen molar-refractivity contribution in [3.8, 4) is 11.8 Å². The Morgan fingerprint density at radius 1 is 0.463 bits per heavy atom. The third kappa shape index (κ3) is 9.40. The van der Waals surface area contributed by atoms with E-state index in [1.165, 1.54) is 0 Å². The summed E-state index contributed by atoms with van der Waals surface area (Å²) in [6.07, 6.45) is -0.387. The Kier molecular flexibility index (Phi) is 11.1. The van der Waals surface area contributed by atoms with Crippen LogP contribution in [0.25, 0.3) is 0 Å². The maximum absolute atomic E-state index is 6.20. The maximum Gasteiger partial charge on any atom is 0.106 e. The Morgan fingerprint density at radius 3 is 1.44 bits per heavy atom. The van der Waals surface area contributed by atoms with E-state index in [1.807, 2.05) is 66.7 Å². The highest BCUT2D eigenvalue weighted by Crippen LogP contribution is 2.21. The molecule has 0 aliphatic carbocycles. The molecule has 0 spiro atoms. The van der Waals surface area contributed by atoms with Crippen LogP contribution in [-0.2, 0) is 36.9 Å². The summed E-state index contributed by atoms with van der Waals surface area (Å²) in [5.74, 6) is 6.59. The largest absolute Gasteiger partial charge is 0.377 e. The second-order valence-electron chi connectivity index (χ2n) is 9.84. The summed E-state index contributed by atoms with van der Waals surface area (Å²) in [4.78, 5) is 0. The molecule has 0 amide bonds. The lowest BCUT2D eigenvalue weighted by atomic mass is 10.1. The van der Waals surface area contributed by atoms with Crippen LogP contribution in [0.2, 0.25) is 0 Å². The van der Waals surface area contributed by atoms with Gasteiger partial charge in [-0.05, 0) is 46.5 Å². The van der Waals surface area contributed by atoms with Gasteiger partial charge in [-0.3, -0.25) is 0 Å². The van der Waals surface area contributed by atoms with Gasteiger partial charge in [-0.1, -0.05) is 96.8 Å². The first-order valence-electron chi connectivity index (χ1n) is 14.1. The van der Waals surface area contributed by atoms with E-state index < -0.39 is 0 Å². The van der Waals surface area contributed by atoms with E-state index in [4.69, 9.17) is 23.7 Å². The van der Waals surface area contributed by atoms with Gasteiger partial charge in [0.1, 0.15) is 12.2 Å². The standard InChI is InChI=1S/C36H36O5/c1-4-10-29(11-5-1)16-17-30-22-31-24-32(23-30)26-39-28-36(34-14-8-3-9-15-34)41-21-19-37-18-20-40-35(27-38-25-31)33-12-6-2-7-13-33/h1-15,22-24,35-36H,18-21,25-28H2/t35-,36-/m1/s1. The topological polar surface area (TPSA) is 46.2 Å². The predicted molar refractivity (Wildman–Crippen MR) is 159 cm³/mol. The molecule has 210 valence electrons. The Labute approximate surface area is 243 Å². The van der Waals surface area contributed by atoms with Gasteiger partial charge < -0.3 is 23.7 Å². The second-order valence-corrected chi connectivity index (χ2v) is 9.84. The van der Waals surface area contributed by atoms with Crippen LogP contribution in [0.4, 0.5) is 0 Å². The fourth-order valence-electron chi connectivity index (χ4n) is 4.65. The van der Waals surface area contributed by atoms with E-state index in [0.717, 1.165) is 33.4 Å². The summed E-state index contributed by atoms with van der Waals surface area (Å²) in [5.41, 5.74) is 6.13. The summed E-state index contributed by atoms with van der Waals surface area (Å²) in [5, 5.41) is 0. The first kappa shape index (κ1) is 28.8. The number of rotatable bonds is 2. The van der Waals surface area contributed by atoms with E-state index in [1.54, 1.807) is 0 Å². The minimum absolute atomic E-state index is 0.193. The molecule has 5 heteroatoms. The quantitative estimate of drug-likeness (QED) is 0.262. The number of hydrogen-bond donors (Lipinski definition) is 0. The van der Waals surface area contributed by atoms with Crippen LogP contribution in [-0.4, -0.2) is 39.6 Å². The van der Waals surface area contributed by atoms with Crippen LogP contribution >= 0.6 is 0 Å². The molecular formula is C36H36O5. The van der Waals surface area contributed by atoms with Crippen molar-refractivity contribution in [1.82, 2.24) is 0 Å². The molecule has 1 aliphatic heterocycles. The van der Waals surface area contributed by atoms with E-state index >= 15 is 0 Å². The second kappa shape index (κ2) is 15.9. The minimum Gasteiger partial charge on any atom is -0.377 e. The third-order valence-electron chi connectivity index (χ3n) is 6.69. The molecule has 4 aromatic carbocycles. The van der Waals surface area contributed by atoms with Gasteiger partial charge in [-0.25, -0.2) is 0 Å². The van der Waals surface area contributed by atoms with Crippen molar-refractivity contribution in [2.45, 2.75) is 25.4 Å². The molecule has 0 saturated heterocycles. The average Bonchev–Trinajstić information content (AvgIpc) is 3.02. The van der Waals surface area contributed by atoms with Crippen molar-refractivity contribution in [2.75, 3.05) is 39.6 Å². The van der Waals surface area contributed by atoms with E-state index in [2.05, 4.69) is 54.3 Å². The van der Waals surface area contributed by atoms with Crippen LogP contribution in [0.5, 0.6) is 0 Å². The van der Waals surface area contributed by atoms with Gasteiger partial charge in [0.2, 0.25) is 0 Å². The van der Waals surface area contributed by atoms with Crippen molar-refractivity contribution in [1.29, 1.82) is 0 Å². The lowest BCUT2D eigenvalue weighted by molar-refractivity contribution is -0.0643. The van der Waals surface area contributed by atoms with Crippen LogP contribution in [0.3, 0.4) is 0 Å². The number of benzene rings is 4. The molecule has 41 heavy (non-hydrogen) atoms. The fourth-order valence-corrected chi connectivity index (χ4v) is 4.65. The molecule has 0 radical (unpaired) electrons. The van der Waals surface area contributed by atoms with Crippen LogP contribution in [0.15, 0.2) is 109 Å². The highest BCUT2D eigenvalue weighted by Gasteiger charge is 2.15. The Hall–Kier alpha value is -3.76. The van der Waals surface area contributed by atoms with Crippen LogP contribution in [0.1, 0.15) is 45.6 Å². The number of hydrogen-bond acceptors (Lipinski definition) is 5. The van der Waals surface area contributed by atoms with Gasteiger partial charge >= 0.3 is 0 Å². The molecule has 1 aliphatic rings. The molecule has 2 atom stereocenters. The van der Waals surface area contributed by atoms with Crippen LogP contribution < -0.4 is 0 Å². The van der Waals surface area contributed by atoms with Gasteiger partial charge in [0.05, 0.1) is 52.9 Å². The Morgan fingerprint density at radius 2 is 0.927 bits per heavy atom. The van der Waals surface area contributed by atoms with Gasteiger partial charge in [0, 0.05) is 11.1 Å². The molecule has 1 heterocycles. The molecule has 0 unspecified atom stereocenters. The van der Waals surface area contributed by atoms with Crippen molar-refractivity contribution in [3.63, 3.8) is 0 Å². The summed E-state index contributed by atoms with van der Waals surface area (Å²) in [7, 11) is 0. The smallest absolute Gasteiger partial charge is 0.106 e. The van der Waals surface area contributed by atoms with E-state index in [9.17, 15) is 0 Å². The minimum atomic E-state index is -0.193. The summed E-state index contributed by atoms with van der Waals surface area (Å²) in [6.45, 7) is 3.61. The van der Waals surface area contributed by atoms with E-state index in [0.29, 0.717) is 52.9 Å². The summed E-state index contributed by atoms with van der Waals surface area (Å²) in [6, 6.07) is 36.6. The molecule has 0 aromatic heterocycles. The van der Waals surface area contributed by atoms with Crippen LogP contribution in [0, 0.1) is 11.8 Å². The van der Waals surface area contributed by atoms with Crippen molar-refractivity contribution in [2.24, 2.45) is 0 Å². The molecule has 2 bridgehead atoms. The fraction of sp³-hybridized carbons (Fsp3) is 0.278. The Balaban J connectivity index is 1.36. The predicted octanol–water partition coefficient (Wildman–Crippen LogP) is 6.67. The molecule has 0 saturated carbocycles. The van der Waals surface area contributed by atoms with Crippen molar-refractivity contribution >= 4 is 0 Å². The Bertz CT molecular complexity index is 1300. The first-order valence-corrected chi connectivity index (χ1v) is 14.1. The molecular weight excluding hydrogens is 512 g/mol. The van der Waals surface area contributed by atoms with Gasteiger partial charge in [0.25, 0.3) is 0 Å². The van der Waals surface area contributed by atoms with Crippen molar-refractivity contribution < 1.29 is 23.7 Å².